The number of nitrogens with zero attached hydrogens (tertiary/aromatic N) is 1. The lowest BCUT2D eigenvalue weighted by atomic mass is 10.1. The average molecular weight is 821 g/mol. The fourth-order valence-electron chi connectivity index (χ4n) is 5.75. The summed E-state index contributed by atoms with van der Waals surface area (Å²) in [6, 6.07) is 0. The summed E-state index contributed by atoms with van der Waals surface area (Å²) in [5.74, 6) is -0.349. The van der Waals surface area contributed by atoms with E-state index in [-0.39, 0.29) is 32.2 Å². The van der Waals surface area contributed by atoms with E-state index < -0.39 is 13.9 Å². The smallest absolute Gasteiger partial charge is 0.457 e. The van der Waals surface area contributed by atoms with Crippen LogP contribution in [0.3, 0.4) is 0 Å². The zero-order valence-electron chi connectivity index (χ0n) is 37.3. The molecule has 0 aromatic heterocycles. The highest BCUT2D eigenvalue weighted by Crippen LogP contribution is 2.43. The summed E-state index contributed by atoms with van der Waals surface area (Å²) in [6.07, 6.45) is 52.3. The van der Waals surface area contributed by atoms with Crippen molar-refractivity contribution in [2.24, 2.45) is 0 Å². The van der Waals surface area contributed by atoms with Crippen LogP contribution in [0.2, 0.25) is 0 Å². The van der Waals surface area contributed by atoms with Crippen LogP contribution in [-0.4, -0.2) is 75.6 Å². The van der Waals surface area contributed by atoms with Gasteiger partial charge in [0.05, 0.1) is 34.4 Å². The number of hydrogen-bond donors (Lipinski definition) is 1. The van der Waals surface area contributed by atoms with Gasteiger partial charge in [-0.1, -0.05) is 151 Å². The fourth-order valence-corrected chi connectivity index (χ4v) is 6.49. The summed E-state index contributed by atoms with van der Waals surface area (Å²) in [6.45, 7) is 5.41. The second kappa shape index (κ2) is 40.7. The zero-order chi connectivity index (χ0) is 42.0. The number of phosphoric ester groups is 1. The summed E-state index contributed by atoms with van der Waals surface area (Å²) in [4.78, 5) is 22.9. The Balaban J connectivity index is 4.24. The van der Waals surface area contributed by atoms with Crippen molar-refractivity contribution in [3.8, 4) is 0 Å². The van der Waals surface area contributed by atoms with Crippen molar-refractivity contribution in [2.75, 3.05) is 54.1 Å². The highest BCUT2D eigenvalue weighted by atomic mass is 31.2. The van der Waals surface area contributed by atoms with Crippen LogP contribution in [0.25, 0.3) is 0 Å². The van der Waals surface area contributed by atoms with Crippen molar-refractivity contribution in [1.82, 2.24) is 0 Å². The molecule has 1 N–H and O–H groups in total. The quantitative estimate of drug-likeness (QED) is 0.0216. The van der Waals surface area contributed by atoms with Gasteiger partial charge in [-0.25, -0.2) is 4.57 Å². The Morgan fingerprint density at radius 1 is 0.561 bits per heavy atom. The minimum absolute atomic E-state index is 0.0768. The van der Waals surface area contributed by atoms with E-state index in [1.165, 1.54) is 70.6 Å². The van der Waals surface area contributed by atoms with Gasteiger partial charge in [0.1, 0.15) is 19.3 Å². The molecule has 0 aromatic rings. The van der Waals surface area contributed by atoms with E-state index in [2.05, 4.69) is 86.8 Å². The Labute approximate surface area is 351 Å². The summed E-state index contributed by atoms with van der Waals surface area (Å²) >= 11 is 0. The number of allylic oxidation sites excluding steroid dienone is 12. The van der Waals surface area contributed by atoms with Gasteiger partial charge in [0, 0.05) is 13.0 Å². The normalized spacial score (nSPS) is 14.4. The van der Waals surface area contributed by atoms with Crippen LogP contribution in [-0.2, 0) is 27.9 Å². The van der Waals surface area contributed by atoms with Gasteiger partial charge in [-0.15, -0.1) is 0 Å². The molecular formula is C48H87NO7P+. The van der Waals surface area contributed by atoms with Crippen LogP contribution in [0.15, 0.2) is 72.9 Å². The van der Waals surface area contributed by atoms with Gasteiger partial charge in [0.15, 0.2) is 0 Å². The summed E-state index contributed by atoms with van der Waals surface area (Å²) in [7, 11) is 1.63. The van der Waals surface area contributed by atoms with Crippen molar-refractivity contribution in [1.29, 1.82) is 0 Å². The number of unbranched alkanes of at least 4 members (excludes halogenated alkanes) is 15. The first-order valence-corrected chi connectivity index (χ1v) is 24.2. The van der Waals surface area contributed by atoms with Gasteiger partial charge < -0.3 is 18.9 Å². The minimum atomic E-state index is -4.29. The fraction of sp³-hybridized carbons (Fsp3) is 0.729. The largest absolute Gasteiger partial charge is 0.472 e. The SMILES string of the molecule is CC/C=C\C/C=C\C/C=C\CCCCCC(=O)OC(COCCCCCCCCC/C=C\C/C=C\C/C=C\CCCCCCC)COP(=O)(O)OCC[N+](C)(C)C. The second-order valence-electron chi connectivity index (χ2n) is 16.0. The predicted octanol–water partition coefficient (Wildman–Crippen LogP) is 13.5. The monoisotopic (exact) mass is 821 g/mol. The van der Waals surface area contributed by atoms with Gasteiger partial charge in [-0.3, -0.25) is 13.8 Å². The third-order valence-electron chi connectivity index (χ3n) is 9.25. The van der Waals surface area contributed by atoms with Crippen molar-refractivity contribution in [2.45, 2.75) is 174 Å². The average Bonchev–Trinajstić information content (AvgIpc) is 3.16. The molecule has 0 fully saturated rings. The lowest BCUT2D eigenvalue weighted by Crippen LogP contribution is -2.37. The topological polar surface area (TPSA) is 91.3 Å². The van der Waals surface area contributed by atoms with Gasteiger partial charge in [0.2, 0.25) is 0 Å². The van der Waals surface area contributed by atoms with Crippen molar-refractivity contribution < 1.29 is 37.3 Å². The highest BCUT2D eigenvalue weighted by Gasteiger charge is 2.26. The number of esters is 1. The molecule has 0 aromatic carbocycles. The van der Waals surface area contributed by atoms with Crippen molar-refractivity contribution in [3.05, 3.63) is 72.9 Å². The number of likely N-dealkylation sites (N-methyl/N-ethyl adjacent to an activating group) is 1. The summed E-state index contributed by atoms with van der Waals surface area (Å²) in [5, 5.41) is 0. The van der Waals surface area contributed by atoms with Crippen LogP contribution >= 0.6 is 7.82 Å². The van der Waals surface area contributed by atoms with E-state index >= 15 is 0 Å². The van der Waals surface area contributed by atoms with Crippen LogP contribution in [0.5, 0.6) is 0 Å². The van der Waals surface area contributed by atoms with Gasteiger partial charge >= 0.3 is 13.8 Å². The second-order valence-corrected chi connectivity index (χ2v) is 17.5. The van der Waals surface area contributed by atoms with E-state index in [1.807, 2.05) is 21.1 Å². The first kappa shape index (κ1) is 54.9. The molecule has 0 aliphatic heterocycles. The molecule has 57 heavy (non-hydrogen) atoms. The van der Waals surface area contributed by atoms with Crippen LogP contribution < -0.4 is 0 Å². The van der Waals surface area contributed by atoms with Crippen molar-refractivity contribution >= 4 is 13.8 Å². The molecule has 0 aliphatic rings. The predicted molar refractivity (Wildman–Crippen MR) is 242 cm³/mol. The maximum atomic E-state index is 12.7. The molecule has 0 amide bonds. The van der Waals surface area contributed by atoms with Gasteiger partial charge in [-0.2, -0.15) is 0 Å². The molecule has 9 heteroatoms. The Kier molecular flexibility index (Phi) is 39.2. The Bertz CT molecular complexity index is 1140. The molecule has 0 rings (SSSR count). The van der Waals surface area contributed by atoms with Crippen LogP contribution in [0.4, 0.5) is 0 Å². The number of ether oxygens (including phenoxy) is 2. The molecule has 8 nitrogen and oxygen atoms in total. The standard InChI is InChI=1S/C48H86NO7P/c1-6-8-10-12-14-16-18-20-21-22-23-24-25-26-27-28-30-32-34-36-38-40-43-53-45-47(46-55-57(51,52)54-44-42-49(3,4)5)56-48(50)41-39-37-35-33-31-29-19-17-15-13-11-9-7-2/h9,11,15,17-18,20,22-23,25-26,29,31,47H,6-8,10,12-14,16,19,21,24,27-28,30,32-46H2,1-5H3/p+1/b11-9-,17-15-,20-18-,23-22-,26-25-,31-29-. The molecule has 0 radical (unpaired) electrons. The molecule has 0 aliphatic carbocycles. The number of quaternary nitrogens is 1. The maximum absolute atomic E-state index is 12.7. The molecular weight excluding hydrogens is 734 g/mol. The summed E-state index contributed by atoms with van der Waals surface area (Å²) < 4.78 is 35.0. The molecule has 2 unspecified atom stereocenters. The van der Waals surface area contributed by atoms with E-state index in [0.29, 0.717) is 17.6 Å². The van der Waals surface area contributed by atoms with Gasteiger partial charge in [0.25, 0.3) is 0 Å². The van der Waals surface area contributed by atoms with E-state index in [9.17, 15) is 14.3 Å². The van der Waals surface area contributed by atoms with Crippen molar-refractivity contribution in [3.63, 3.8) is 0 Å². The Morgan fingerprint density at radius 2 is 1.02 bits per heavy atom. The number of rotatable bonds is 41. The minimum Gasteiger partial charge on any atom is -0.457 e. The first-order chi connectivity index (χ1) is 27.6. The molecule has 2 atom stereocenters. The molecule has 330 valence electrons. The third kappa shape index (κ3) is 44.9. The summed E-state index contributed by atoms with van der Waals surface area (Å²) in [5.41, 5.74) is 0. The molecule has 0 saturated heterocycles. The van der Waals surface area contributed by atoms with E-state index in [0.717, 1.165) is 77.0 Å². The van der Waals surface area contributed by atoms with E-state index in [1.54, 1.807) is 0 Å². The highest BCUT2D eigenvalue weighted by molar-refractivity contribution is 7.47. The third-order valence-corrected chi connectivity index (χ3v) is 10.2. The molecule has 0 saturated carbocycles. The lowest BCUT2D eigenvalue weighted by molar-refractivity contribution is -0.870. The number of hydrogen-bond acceptors (Lipinski definition) is 6. The first-order valence-electron chi connectivity index (χ1n) is 22.7. The zero-order valence-corrected chi connectivity index (χ0v) is 38.2. The number of carbonyl (C=O) groups is 1. The lowest BCUT2D eigenvalue weighted by Gasteiger charge is -2.24. The molecule has 0 heterocycles. The number of carbonyl (C=O) groups excluding carboxylic acids is 1. The maximum Gasteiger partial charge on any atom is 0.472 e. The van der Waals surface area contributed by atoms with E-state index in [4.69, 9.17) is 18.5 Å². The van der Waals surface area contributed by atoms with Crippen LogP contribution in [0.1, 0.15) is 168 Å². The number of phosphoric acid groups is 1. The van der Waals surface area contributed by atoms with Gasteiger partial charge in [-0.05, 0) is 83.5 Å². The molecule has 0 spiro atoms. The van der Waals surface area contributed by atoms with Crippen LogP contribution in [0, 0.1) is 0 Å². The molecule has 0 bridgehead atoms. The Hall–Kier alpha value is -2.06. The Morgan fingerprint density at radius 3 is 1.53 bits per heavy atom.